The summed E-state index contributed by atoms with van der Waals surface area (Å²) in [5, 5.41) is 10.8. The quantitative estimate of drug-likeness (QED) is 0.450. The predicted molar refractivity (Wildman–Crippen MR) is 133 cm³/mol. The Bertz CT molecular complexity index is 1350. The summed E-state index contributed by atoms with van der Waals surface area (Å²) in [6, 6.07) is 15.6. The van der Waals surface area contributed by atoms with Crippen LogP contribution in [0, 0.1) is 13.8 Å². The lowest BCUT2D eigenvalue weighted by Crippen LogP contribution is -2.41. The Balaban J connectivity index is 1.71. The van der Waals surface area contributed by atoms with Gasteiger partial charge in [0.2, 0.25) is 0 Å². The SMILES string of the molecule is C=C(NC)c1c(C)nn2ccc(-c3cc(C(=O)NC(C)(C)c4ccccn4)ccc3C)cc12. The number of carbonyl (C=O) groups excluding carboxylic acids is 1. The lowest BCUT2D eigenvalue weighted by Gasteiger charge is -2.26. The smallest absolute Gasteiger partial charge is 0.252 e. The van der Waals surface area contributed by atoms with Gasteiger partial charge in [-0.2, -0.15) is 5.10 Å². The minimum Gasteiger partial charge on any atom is -0.388 e. The van der Waals surface area contributed by atoms with E-state index in [2.05, 4.69) is 33.4 Å². The number of nitrogens with one attached hydrogen (secondary N) is 2. The number of hydrogen-bond donors (Lipinski definition) is 2. The number of carbonyl (C=O) groups is 1. The number of amides is 1. The molecule has 0 atom stereocenters. The molecule has 0 bridgehead atoms. The maximum Gasteiger partial charge on any atom is 0.252 e. The highest BCUT2D eigenvalue weighted by molar-refractivity contribution is 5.96. The van der Waals surface area contributed by atoms with E-state index in [9.17, 15) is 4.79 Å². The van der Waals surface area contributed by atoms with Crippen LogP contribution in [-0.4, -0.2) is 27.6 Å². The highest BCUT2D eigenvalue weighted by atomic mass is 16.1. The number of nitrogens with zero attached hydrogens (tertiary/aromatic N) is 3. The predicted octanol–water partition coefficient (Wildman–Crippen LogP) is 4.87. The summed E-state index contributed by atoms with van der Waals surface area (Å²) in [6.45, 7) is 12.1. The van der Waals surface area contributed by atoms with Crippen LogP contribution >= 0.6 is 0 Å². The lowest BCUT2D eigenvalue weighted by molar-refractivity contribution is 0.0910. The number of benzene rings is 1. The zero-order valence-electron chi connectivity index (χ0n) is 19.7. The molecule has 0 unspecified atom stereocenters. The number of aromatic nitrogens is 3. The summed E-state index contributed by atoms with van der Waals surface area (Å²) < 4.78 is 1.86. The zero-order valence-corrected chi connectivity index (χ0v) is 19.7. The number of rotatable bonds is 6. The van der Waals surface area contributed by atoms with Crippen molar-refractivity contribution in [2.45, 2.75) is 33.2 Å². The van der Waals surface area contributed by atoms with Gasteiger partial charge in [-0.15, -0.1) is 0 Å². The van der Waals surface area contributed by atoms with Crippen LogP contribution in [-0.2, 0) is 5.54 Å². The topological polar surface area (TPSA) is 71.3 Å². The lowest BCUT2D eigenvalue weighted by atomic mass is 9.96. The van der Waals surface area contributed by atoms with Crippen LogP contribution in [0.5, 0.6) is 0 Å². The van der Waals surface area contributed by atoms with E-state index in [0.29, 0.717) is 5.56 Å². The average Bonchev–Trinajstić information content (AvgIpc) is 3.14. The molecule has 2 N–H and O–H groups in total. The molecule has 3 aromatic heterocycles. The third-order valence-electron chi connectivity index (χ3n) is 5.96. The Morgan fingerprint density at radius 3 is 2.58 bits per heavy atom. The van der Waals surface area contributed by atoms with Crippen molar-refractivity contribution in [3.8, 4) is 11.1 Å². The van der Waals surface area contributed by atoms with E-state index >= 15 is 0 Å². The zero-order chi connectivity index (χ0) is 23.8. The number of aryl methyl sites for hydroxylation is 2. The van der Waals surface area contributed by atoms with Crippen LogP contribution in [0.1, 0.15) is 46.7 Å². The normalized spacial score (nSPS) is 11.4. The second-order valence-electron chi connectivity index (χ2n) is 8.76. The fraction of sp³-hybridized carbons (Fsp3) is 0.222. The molecular formula is C27H29N5O. The van der Waals surface area contributed by atoms with Crippen molar-refractivity contribution in [3.05, 3.63) is 95.6 Å². The molecule has 33 heavy (non-hydrogen) atoms. The summed E-state index contributed by atoms with van der Waals surface area (Å²) in [5.74, 6) is -0.141. The van der Waals surface area contributed by atoms with Crippen LogP contribution in [0.25, 0.3) is 22.3 Å². The summed E-state index contributed by atoms with van der Waals surface area (Å²) in [7, 11) is 1.85. The molecule has 3 heterocycles. The fourth-order valence-electron chi connectivity index (χ4n) is 4.06. The van der Waals surface area contributed by atoms with Gasteiger partial charge < -0.3 is 10.6 Å². The maximum atomic E-state index is 13.2. The molecule has 0 spiro atoms. The van der Waals surface area contributed by atoms with E-state index in [1.54, 1.807) is 6.20 Å². The van der Waals surface area contributed by atoms with Crippen LogP contribution in [0.3, 0.4) is 0 Å². The minimum absolute atomic E-state index is 0.141. The van der Waals surface area contributed by atoms with Gasteiger partial charge in [-0.25, -0.2) is 4.52 Å². The maximum absolute atomic E-state index is 13.2. The van der Waals surface area contributed by atoms with Crippen molar-refractivity contribution >= 4 is 17.1 Å². The molecule has 0 saturated heterocycles. The molecule has 0 aliphatic carbocycles. The Kier molecular flexibility index (Phi) is 5.77. The van der Waals surface area contributed by atoms with Gasteiger partial charge in [0.25, 0.3) is 5.91 Å². The number of fused-ring (bicyclic) bond motifs is 1. The van der Waals surface area contributed by atoms with Gasteiger partial charge in [-0.3, -0.25) is 9.78 Å². The van der Waals surface area contributed by atoms with Crippen molar-refractivity contribution in [2.24, 2.45) is 0 Å². The Hall–Kier alpha value is -3.93. The van der Waals surface area contributed by atoms with E-state index in [1.807, 2.05) is 87.9 Å². The third-order valence-corrected chi connectivity index (χ3v) is 5.96. The average molecular weight is 440 g/mol. The first kappa shape index (κ1) is 22.3. The molecule has 168 valence electrons. The van der Waals surface area contributed by atoms with E-state index in [4.69, 9.17) is 0 Å². The first-order valence-electron chi connectivity index (χ1n) is 10.9. The standard InChI is InChI=1S/C27H29N5O/c1-17-10-11-21(26(33)30-27(4,5)24-9-7-8-13-29-24)15-22(17)20-12-14-32-23(16-20)25(18(2)28-6)19(3)31-32/h7-16,28H,2H2,1,3-6H3,(H,30,33). The van der Waals surface area contributed by atoms with Crippen LogP contribution in [0.4, 0.5) is 0 Å². The molecule has 0 fully saturated rings. The van der Waals surface area contributed by atoms with Crippen molar-refractivity contribution in [1.29, 1.82) is 0 Å². The molecule has 4 rings (SSSR count). The summed E-state index contributed by atoms with van der Waals surface area (Å²) >= 11 is 0. The van der Waals surface area contributed by atoms with Crippen LogP contribution in [0.2, 0.25) is 0 Å². The minimum atomic E-state index is -0.597. The Morgan fingerprint density at radius 1 is 1.09 bits per heavy atom. The fourth-order valence-corrected chi connectivity index (χ4v) is 4.06. The Labute approximate surface area is 194 Å². The molecule has 6 heteroatoms. The summed E-state index contributed by atoms with van der Waals surface area (Å²) in [6.07, 6.45) is 3.68. The van der Waals surface area contributed by atoms with E-state index < -0.39 is 5.54 Å². The van der Waals surface area contributed by atoms with Crippen molar-refractivity contribution < 1.29 is 4.79 Å². The van der Waals surface area contributed by atoms with Gasteiger partial charge in [0.05, 0.1) is 22.4 Å². The molecule has 1 amide bonds. The Morgan fingerprint density at radius 2 is 1.88 bits per heavy atom. The molecule has 1 aromatic carbocycles. The molecule has 4 aromatic rings. The van der Waals surface area contributed by atoms with Gasteiger partial charge >= 0.3 is 0 Å². The molecule has 0 aliphatic rings. The largest absolute Gasteiger partial charge is 0.388 e. The molecule has 0 saturated carbocycles. The monoisotopic (exact) mass is 439 g/mol. The van der Waals surface area contributed by atoms with E-state index in [1.165, 1.54) is 0 Å². The first-order chi connectivity index (χ1) is 15.7. The van der Waals surface area contributed by atoms with Crippen LogP contribution in [0.15, 0.2) is 67.5 Å². The summed E-state index contributed by atoms with van der Waals surface area (Å²) in [4.78, 5) is 17.6. The highest BCUT2D eigenvalue weighted by Gasteiger charge is 2.25. The van der Waals surface area contributed by atoms with Gasteiger partial charge in [-0.05, 0) is 80.8 Å². The third kappa shape index (κ3) is 4.24. The molecule has 0 aliphatic heterocycles. The second kappa shape index (κ2) is 8.54. The number of hydrogen-bond acceptors (Lipinski definition) is 4. The van der Waals surface area contributed by atoms with Gasteiger partial charge in [-0.1, -0.05) is 18.7 Å². The van der Waals surface area contributed by atoms with Crippen LogP contribution < -0.4 is 10.6 Å². The van der Waals surface area contributed by atoms with Crippen molar-refractivity contribution in [2.75, 3.05) is 7.05 Å². The molecular weight excluding hydrogens is 410 g/mol. The van der Waals surface area contributed by atoms with Gasteiger partial charge in [0.15, 0.2) is 0 Å². The van der Waals surface area contributed by atoms with E-state index in [0.717, 1.165) is 44.9 Å². The molecule has 0 radical (unpaired) electrons. The number of pyridine rings is 2. The summed E-state index contributed by atoms with van der Waals surface area (Å²) in [5.41, 5.74) is 7.61. The van der Waals surface area contributed by atoms with Crippen molar-refractivity contribution in [1.82, 2.24) is 25.2 Å². The first-order valence-corrected chi connectivity index (χ1v) is 10.9. The van der Waals surface area contributed by atoms with Gasteiger partial charge in [0, 0.05) is 36.3 Å². The van der Waals surface area contributed by atoms with E-state index in [-0.39, 0.29) is 5.91 Å². The molecule has 6 nitrogen and oxygen atoms in total. The second-order valence-corrected chi connectivity index (χ2v) is 8.76. The van der Waals surface area contributed by atoms with Crippen molar-refractivity contribution in [3.63, 3.8) is 0 Å². The van der Waals surface area contributed by atoms with Gasteiger partial charge in [0.1, 0.15) is 0 Å². The highest BCUT2D eigenvalue weighted by Crippen LogP contribution is 2.29.